The fourth-order valence-corrected chi connectivity index (χ4v) is 3.55. The summed E-state index contributed by atoms with van der Waals surface area (Å²) in [7, 11) is 0. The fraction of sp³-hybridized carbons (Fsp3) is 0.316. The Morgan fingerprint density at radius 3 is 2.75 bits per heavy atom. The van der Waals surface area contributed by atoms with Gasteiger partial charge >= 0.3 is 0 Å². The van der Waals surface area contributed by atoms with Crippen molar-refractivity contribution in [3.8, 4) is 12.1 Å². The molecule has 1 aliphatic rings. The number of rotatable bonds is 1. The fourth-order valence-electron chi connectivity index (χ4n) is 3.55. The first-order chi connectivity index (χ1) is 11.6. The number of hydrogen-bond donors (Lipinski definition) is 0. The molecule has 0 spiro atoms. The van der Waals surface area contributed by atoms with Gasteiger partial charge in [0.2, 0.25) is 0 Å². The molecule has 0 aliphatic carbocycles. The topological polar surface area (TPSA) is 68.1 Å². The molecular formula is C19H17N5. The van der Waals surface area contributed by atoms with Gasteiger partial charge in [-0.2, -0.15) is 10.5 Å². The van der Waals surface area contributed by atoms with E-state index in [0.717, 1.165) is 35.4 Å². The van der Waals surface area contributed by atoms with E-state index in [0.29, 0.717) is 17.8 Å². The number of nitrogens with zero attached hydrogens (tertiary/aromatic N) is 5. The molecule has 3 aromatic rings. The number of para-hydroxylation sites is 2. The summed E-state index contributed by atoms with van der Waals surface area (Å²) in [5, 5.41) is 19.0. The van der Waals surface area contributed by atoms with Crippen LogP contribution in [0.4, 0.5) is 5.82 Å². The predicted octanol–water partition coefficient (Wildman–Crippen LogP) is 3.41. The minimum Gasteiger partial charge on any atom is -0.356 e. The normalized spacial score (nSPS) is 20.4. The third-order valence-corrected chi connectivity index (χ3v) is 4.93. The van der Waals surface area contributed by atoms with Crippen molar-refractivity contribution in [3.05, 3.63) is 41.5 Å². The summed E-state index contributed by atoms with van der Waals surface area (Å²) >= 11 is 0. The smallest absolute Gasteiger partial charge is 0.157 e. The molecule has 0 radical (unpaired) electrons. The van der Waals surface area contributed by atoms with Gasteiger partial charge in [0.1, 0.15) is 11.9 Å². The van der Waals surface area contributed by atoms with Crippen molar-refractivity contribution in [1.29, 1.82) is 10.5 Å². The zero-order chi connectivity index (χ0) is 16.9. The number of nitriles is 2. The maximum atomic E-state index is 9.56. The van der Waals surface area contributed by atoms with Gasteiger partial charge in [0, 0.05) is 13.1 Å². The Kier molecular flexibility index (Phi) is 3.01. The second kappa shape index (κ2) is 4.97. The first-order valence-electron chi connectivity index (χ1n) is 8.03. The monoisotopic (exact) mass is 315 g/mol. The van der Waals surface area contributed by atoms with Gasteiger partial charge in [-0.05, 0) is 44.0 Å². The van der Waals surface area contributed by atoms with Crippen LogP contribution in [-0.4, -0.2) is 22.5 Å². The molecule has 118 valence electrons. The lowest BCUT2D eigenvalue weighted by Crippen LogP contribution is -2.25. The molecule has 0 N–H and O–H groups in total. The molecule has 5 heteroatoms. The lowest BCUT2D eigenvalue weighted by Gasteiger charge is -2.22. The molecular weight excluding hydrogens is 298 g/mol. The molecule has 1 fully saturated rings. The highest BCUT2D eigenvalue weighted by atomic mass is 15.3. The van der Waals surface area contributed by atoms with Gasteiger partial charge < -0.3 is 4.90 Å². The van der Waals surface area contributed by atoms with Crippen molar-refractivity contribution in [2.24, 2.45) is 5.41 Å². The molecule has 2 aromatic heterocycles. The average molecular weight is 315 g/mol. The van der Waals surface area contributed by atoms with Gasteiger partial charge in [-0.15, -0.1) is 0 Å². The highest BCUT2D eigenvalue weighted by molar-refractivity contribution is 5.85. The molecule has 0 bridgehead atoms. The molecule has 4 rings (SSSR count). The second-order valence-electron chi connectivity index (χ2n) is 6.78. The number of anilines is 1. The minimum atomic E-state index is -0.329. The minimum absolute atomic E-state index is 0.329. The Morgan fingerprint density at radius 2 is 2.04 bits per heavy atom. The molecule has 5 nitrogen and oxygen atoms in total. The molecule has 24 heavy (non-hydrogen) atoms. The number of imidazole rings is 1. The maximum absolute atomic E-state index is 9.56. The van der Waals surface area contributed by atoms with E-state index in [1.807, 2.05) is 44.2 Å². The molecule has 3 heterocycles. The average Bonchev–Trinajstić information content (AvgIpc) is 3.16. The Hall–Kier alpha value is -3.05. The number of aryl methyl sites for hydroxylation is 1. The number of fused-ring (bicyclic) bond motifs is 3. The zero-order valence-corrected chi connectivity index (χ0v) is 13.7. The van der Waals surface area contributed by atoms with E-state index >= 15 is 0 Å². The van der Waals surface area contributed by atoms with Crippen molar-refractivity contribution in [1.82, 2.24) is 9.38 Å². The van der Waals surface area contributed by atoms with Crippen molar-refractivity contribution >= 4 is 22.5 Å². The van der Waals surface area contributed by atoms with Crippen LogP contribution >= 0.6 is 0 Å². The summed E-state index contributed by atoms with van der Waals surface area (Å²) < 4.78 is 2.06. The summed E-state index contributed by atoms with van der Waals surface area (Å²) in [5.41, 5.74) is 3.76. The molecule has 1 unspecified atom stereocenters. The van der Waals surface area contributed by atoms with Crippen LogP contribution in [0.25, 0.3) is 16.7 Å². The van der Waals surface area contributed by atoms with Crippen molar-refractivity contribution in [2.45, 2.75) is 20.3 Å². The van der Waals surface area contributed by atoms with Crippen LogP contribution in [0.1, 0.15) is 24.5 Å². The van der Waals surface area contributed by atoms with Crippen molar-refractivity contribution < 1.29 is 0 Å². The van der Waals surface area contributed by atoms with E-state index in [1.54, 1.807) is 0 Å². The van der Waals surface area contributed by atoms with Crippen LogP contribution in [0.15, 0.2) is 30.3 Å². The van der Waals surface area contributed by atoms with Crippen molar-refractivity contribution in [3.63, 3.8) is 0 Å². The van der Waals surface area contributed by atoms with Crippen LogP contribution in [0.3, 0.4) is 0 Å². The summed E-state index contributed by atoms with van der Waals surface area (Å²) in [6, 6.07) is 14.7. The van der Waals surface area contributed by atoms with Crippen LogP contribution in [0, 0.1) is 35.0 Å². The highest BCUT2D eigenvalue weighted by Gasteiger charge is 2.35. The zero-order valence-electron chi connectivity index (χ0n) is 13.7. The Morgan fingerprint density at radius 1 is 1.25 bits per heavy atom. The quantitative estimate of drug-likeness (QED) is 0.690. The molecule has 0 amide bonds. The molecule has 1 aliphatic heterocycles. The van der Waals surface area contributed by atoms with E-state index in [4.69, 9.17) is 0 Å². The van der Waals surface area contributed by atoms with Crippen LogP contribution in [-0.2, 0) is 0 Å². The Labute approximate surface area is 140 Å². The summed E-state index contributed by atoms with van der Waals surface area (Å²) in [6.45, 7) is 5.47. The summed E-state index contributed by atoms with van der Waals surface area (Å²) in [5.74, 6) is 1.01. The molecule has 1 saturated heterocycles. The first kappa shape index (κ1) is 14.5. The number of benzene rings is 1. The maximum Gasteiger partial charge on any atom is 0.157 e. The van der Waals surface area contributed by atoms with Crippen LogP contribution in [0.5, 0.6) is 0 Å². The van der Waals surface area contributed by atoms with Gasteiger partial charge in [0.15, 0.2) is 5.65 Å². The standard InChI is InChI=1S/C19H17N5/c1-13-9-17(23-8-7-19(2,11-21)12-23)24-16-6-4-3-5-15(16)22-18(24)14(13)10-20/h3-6,9H,7-8,12H2,1-2H3. The third-order valence-electron chi connectivity index (χ3n) is 4.93. The van der Waals surface area contributed by atoms with Gasteiger partial charge in [0.05, 0.1) is 28.1 Å². The summed E-state index contributed by atoms with van der Waals surface area (Å²) in [4.78, 5) is 6.92. The number of pyridine rings is 1. The first-order valence-corrected chi connectivity index (χ1v) is 8.03. The lowest BCUT2D eigenvalue weighted by molar-refractivity contribution is 0.502. The second-order valence-corrected chi connectivity index (χ2v) is 6.78. The van der Waals surface area contributed by atoms with E-state index in [1.165, 1.54) is 0 Å². The van der Waals surface area contributed by atoms with E-state index < -0.39 is 0 Å². The Balaban J connectivity index is 2.03. The Bertz CT molecular complexity index is 1050. The van der Waals surface area contributed by atoms with Crippen LogP contribution < -0.4 is 4.90 Å². The van der Waals surface area contributed by atoms with Crippen molar-refractivity contribution in [2.75, 3.05) is 18.0 Å². The lowest BCUT2D eigenvalue weighted by atomic mass is 9.92. The van der Waals surface area contributed by atoms with E-state index in [9.17, 15) is 10.5 Å². The largest absolute Gasteiger partial charge is 0.356 e. The third kappa shape index (κ3) is 1.95. The van der Waals surface area contributed by atoms with E-state index in [2.05, 4.69) is 26.4 Å². The molecule has 1 atom stereocenters. The highest BCUT2D eigenvalue weighted by Crippen LogP contribution is 2.35. The van der Waals surface area contributed by atoms with Gasteiger partial charge in [-0.1, -0.05) is 12.1 Å². The van der Waals surface area contributed by atoms with Gasteiger partial charge in [-0.25, -0.2) is 4.98 Å². The molecule has 1 aromatic carbocycles. The predicted molar refractivity (Wildman–Crippen MR) is 92.7 cm³/mol. The van der Waals surface area contributed by atoms with E-state index in [-0.39, 0.29) is 5.41 Å². The van der Waals surface area contributed by atoms with Gasteiger partial charge in [0.25, 0.3) is 0 Å². The summed E-state index contributed by atoms with van der Waals surface area (Å²) in [6.07, 6.45) is 0.844. The molecule has 0 saturated carbocycles. The SMILES string of the molecule is Cc1cc(N2CCC(C)(C#N)C2)n2c(nc3ccccc32)c1C#N. The number of aromatic nitrogens is 2. The number of hydrogen-bond acceptors (Lipinski definition) is 4. The van der Waals surface area contributed by atoms with Gasteiger partial charge in [-0.3, -0.25) is 4.40 Å². The van der Waals surface area contributed by atoms with Crippen LogP contribution in [0.2, 0.25) is 0 Å².